The Labute approximate surface area is 105 Å². The lowest BCUT2D eigenvalue weighted by atomic mass is 10.0. The zero-order valence-electron chi connectivity index (χ0n) is 10.00. The number of piperidine rings is 1. The van der Waals surface area contributed by atoms with Gasteiger partial charge in [-0.1, -0.05) is 0 Å². The van der Waals surface area contributed by atoms with Crippen molar-refractivity contribution in [2.75, 3.05) is 18.6 Å². The summed E-state index contributed by atoms with van der Waals surface area (Å²) in [6, 6.07) is -1.23. The van der Waals surface area contributed by atoms with E-state index in [0.717, 1.165) is 4.90 Å². The SMILES string of the molecule is CN1C(=O)CCC(NC2CS(=O)(=O)CC2O)C1=O. The van der Waals surface area contributed by atoms with E-state index in [9.17, 15) is 23.1 Å². The molecule has 3 atom stereocenters. The van der Waals surface area contributed by atoms with Crippen molar-refractivity contribution in [2.45, 2.75) is 31.0 Å². The standard InChI is InChI=1S/C10H16N2O5S/c1-12-9(14)3-2-6(10(12)15)11-7-4-18(16,17)5-8(7)13/h6-8,11,13H,2-5H2,1H3. The van der Waals surface area contributed by atoms with Crippen LogP contribution in [0.25, 0.3) is 0 Å². The maximum atomic E-state index is 11.8. The molecule has 0 spiro atoms. The zero-order valence-corrected chi connectivity index (χ0v) is 10.8. The Morgan fingerprint density at radius 3 is 2.56 bits per heavy atom. The molecule has 2 fully saturated rings. The van der Waals surface area contributed by atoms with Gasteiger partial charge in [-0.25, -0.2) is 8.42 Å². The number of hydrogen-bond donors (Lipinski definition) is 2. The quantitative estimate of drug-likeness (QED) is 0.559. The number of sulfone groups is 1. The molecule has 0 aromatic rings. The maximum absolute atomic E-state index is 11.8. The lowest BCUT2D eigenvalue weighted by Crippen LogP contribution is -2.56. The lowest BCUT2D eigenvalue weighted by molar-refractivity contribution is -0.148. The second-order valence-electron chi connectivity index (χ2n) is 4.80. The van der Waals surface area contributed by atoms with Crippen molar-refractivity contribution in [1.82, 2.24) is 10.2 Å². The number of imide groups is 1. The molecule has 0 aromatic carbocycles. The zero-order chi connectivity index (χ0) is 13.5. The number of aliphatic hydroxyl groups excluding tert-OH is 1. The van der Waals surface area contributed by atoms with Gasteiger partial charge >= 0.3 is 0 Å². The Kier molecular flexibility index (Phi) is 3.43. The van der Waals surface area contributed by atoms with Crippen molar-refractivity contribution in [3.05, 3.63) is 0 Å². The van der Waals surface area contributed by atoms with Gasteiger partial charge in [-0.2, -0.15) is 0 Å². The fraction of sp³-hybridized carbons (Fsp3) is 0.800. The molecular weight excluding hydrogens is 260 g/mol. The predicted octanol–water partition coefficient (Wildman–Crippen LogP) is -2.12. The van der Waals surface area contributed by atoms with E-state index in [0.29, 0.717) is 6.42 Å². The molecule has 2 rings (SSSR count). The molecule has 102 valence electrons. The molecule has 2 N–H and O–H groups in total. The van der Waals surface area contributed by atoms with Gasteiger partial charge in [0, 0.05) is 19.5 Å². The van der Waals surface area contributed by atoms with Gasteiger partial charge in [-0.05, 0) is 6.42 Å². The number of carbonyl (C=O) groups is 2. The number of likely N-dealkylation sites (tertiary alicyclic amines) is 1. The molecule has 2 aliphatic heterocycles. The summed E-state index contributed by atoms with van der Waals surface area (Å²) in [6.45, 7) is 0. The Hall–Kier alpha value is -0.990. The van der Waals surface area contributed by atoms with Crippen molar-refractivity contribution in [3.63, 3.8) is 0 Å². The number of nitrogens with zero attached hydrogens (tertiary/aromatic N) is 1. The van der Waals surface area contributed by atoms with Crippen LogP contribution in [0.4, 0.5) is 0 Å². The summed E-state index contributed by atoms with van der Waals surface area (Å²) in [5.74, 6) is -1.06. The molecule has 2 amide bonds. The van der Waals surface area contributed by atoms with Crippen LogP contribution < -0.4 is 5.32 Å². The Morgan fingerprint density at radius 2 is 2.00 bits per heavy atom. The highest BCUT2D eigenvalue weighted by Crippen LogP contribution is 2.17. The average molecular weight is 276 g/mol. The normalized spacial score (nSPS) is 36.1. The first kappa shape index (κ1) is 13.4. The van der Waals surface area contributed by atoms with E-state index in [1.54, 1.807) is 0 Å². The van der Waals surface area contributed by atoms with E-state index in [1.165, 1.54) is 7.05 Å². The fourth-order valence-corrected chi connectivity index (χ4v) is 4.07. The number of amides is 2. The largest absolute Gasteiger partial charge is 0.390 e. The van der Waals surface area contributed by atoms with Crippen molar-refractivity contribution >= 4 is 21.7 Å². The monoisotopic (exact) mass is 276 g/mol. The van der Waals surface area contributed by atoms with Crippen LogP contribution in [0, 0.1) is 0 Å². The molecule has 0 bridgehead atoms. The van der Waals surface area contributed by atoms with Gasteiger partial charge in [0.15, 0.2) is 9.84 Å². The topological polar surface area (TPSA) is 104 Å². The van der Waals surface area contributed by atoms with E-state index in [1.807, 2.05) is 0 Å². The Bertz CT molecular complexity index is 475. The van der Waals surface area contributed by atoms with Crippen LogP contribution in [-0.4, -0.2) is 67.0 Å². The second-order valence-corrected chi connectivity index (χ2v) is 6.95. The molecule has 7 nitrogen and oxygen atoms in total. The maximum Gasteiger partial charge on any atom is 0.246 e. The predicted molar refractivity (Wildman–Crippen MR) is 62.4 cm³/mol. The van der Waals surface area contributed by atoms with Crippen LogP contribution in [0.15, 0.2) is 0 Å². The molecule has 2 heterocycles. The summed E-state index contributed by atoms with van der Waals surface area (Å²) in [6.07, 6.45) is -0.411. The highest BCUT2D eigenvalue weighted by atomic mass is 32.2. The number of rotatable bonds is 2. The summed E-state index contributed by atoms with van der Waals surface area (Å²) in [4.78, 5) is 24.1. The minimum atomic E-state index is -3.24. The van der Waals surface area contributed by atoms with Crippen LogP contribution in [0.2, 0.25) is 0 Å². The van der Waals surface area contributed by atoms with Gasteiger partial charge < -0.3 is 5.11 Å². The smallest absolute Gasteiger partial charge is 0.246 e. The first-order chi connectivity index (χ1) is 8.30. The number of hydrogen-bond acceptors (Lipinski definition) is 6. The average Bonchev–Trinajstić information content (AvgIpc) is 2.53. The molecule has 18 heavy (non-hydrogen) atoms. The Morgan fingerprint density at radius 1 is 1.33 bits per heavy atom. The number of aliphatic hydroxyl groups is 1. The summed E-state index contributed by atoms with van der Waals surface area (Å²) in [5.41, 5.74) is 0. The van der Waals surface area contributed by atoms with E-state index >= 15 is 0 Å². The summed E-state index contributed by atoms with van der Waals surface area (Å²) in [7, 11) is -1.84. The van der Waals surface area contributed by atoms with Crippen molar-refractivity contribution in [2.24, 2.45) is 0 Å². The number of nitrogens with one attached hydrogen (secondary N) is 1. The highest BCUT2D eigenvalue weighted by molar-refractivity contribution is 7.91. The van der Waals surface area contributed by atoms with Crippen LogP contribution in [0.5, 0.6) is 0 Å². The van der Waals surface area contributed by atoms with Gasteiger partial charge in [0.05, 0.1) is 23.7 Å². The molecule has 0 saturated carbocycles. The third-order valence-corrected chi connectivity index (χ3v) is 5.10. The summed E-state index contributed by atoms with van der Waals surface area (Å²) in [5, 5.41) is 12.5. The van der Waals surface area contributed by atoms with E-state index in [4.69, 9.17) is 0 Å². The van der Waals surface area contributed by atoms with Crippen molar-refractivity contribution in [1.29, 1.82) is 0 Å². The van der Waals surface area contributed by atoms with Crippen LogP contribution in [-0.2, 0) is 19.4 Å². The van der Waals surface area contributed by atoms with Gasteiger partial charge in [-0.3, -0.25) is 19.8 Å². The van der Waals surface area contributed by atoms with Gasteiger partial charge in [-0.15, -0.1) is 0 Å². The molecule has 8 heteroatoms. The summed E-state index contributed by atoms with van der Waals surface area (Å²) >= 11 is 0. The van der Waals surface area contributed by atoms with Crippen LogP contribution in [0.1, 0.15) is 12.8 Å². The highest BCUT2D eigenvalue weighted by Gasteiger charge is 2.40. The van der Waals surface area contributed by atoms with E-state index in [-0.39, 0.29) is 29.7 Å². The molecule has 0 aliphatic carbocycles. The van der Waals surface area contributed by atoms with Gasteiger partial charge in [0.25, 0.3) is 0 Å². The molecule has 2 aliphatic rings. The second kappa shape index (κ2) is 4.60. The minimum absolute atomic E-state index is 0.171. The van der Waals surface area contributed by atoms with Gasteiger partial charge in [0.2, 0.25) is 11.8 Å². The Balaban J connectivity index is 2.02. The molecule has 0 radical (unpaired) electrons. The third-order valence-electron chi connectivity index (χ3n) is 3.39. The molecule has 3 unspecified atom stereocenters. The fourth-order valence-electron chi connectivity index (χ4n) is 2.32. The molecule has 2 saturated heterocycles. The number of likely N-dealkylation sites (N-methyl/N-ethyl adjacent to an activating group) is 1. The summed E-state index contributed by atoms with van der Waals surface area (Å²) < 4.78 is 22.7. The van der Waals surface area contributed by atoms with E-state index in [2.05, 4.69) is 5.32 Å². The third kappa shape index (κ3) is 2.55. The first-order valence-electron chi connectivity index (χ1n) is 5.75. The van der Waals surface area contributed by atoms with Crippen molar-refractivity contribution in [3.8, 4) is 0 Å². The van der Waals surface area contributed by atoms with Crippen molar-refractivity contribution < 1.29 is 23.1 Å². The lowest BCUT2D eigenvalue weighted by Gasteiger charge is -2.30. The minimum Gasteiger partial charge on any atom is -0.390 e. The first-order valence-corrected chi connectivity index (χ1v) is 7.57. The van der Waals surface area contributed by atoms with Crippen LogP contribution in [0.3, 0.4) is 0 Å². The molecular formula is C10H16N2O5S. The number of carbonyl (C=O) groups excluding carboxylic acids is 2. The van der Waals surface area contributed by atoms with Crippen LogP contribution >= 0.6 is 0 Å². The molecule has 0 aromatic heterocycles. The van der Waals surface area contributed by atoms with Gasteiger partial charge in [0.1, 0.15) is 0 Å². The van der Waals surface area contributed by atoms with E-state index < -0.39 is 28.0 Å².